The van der Waals surface area contributed by atoms with Crippen molar-refractivity contribution >= 4 is 45.3 Å². The molecule has 148 valence electrons. The van der Waals surface area contributed by atoms with Gasteiger partial charge in [0.2, 0.25) is 4.80 Å². The molecule has 0 bridgehead atoms. The van der Waals surface area contributed by atoms with Crippen LogP contribution in [0.4, 0.5) is 0 Å². The van der Waals surface area contributed by atoms with Gasteiger partial charge in [0.05, 0.1) is 19.7 Å². The highest BCUT2D eigenvalue weighted by atomic mass is 32.1. The Bertz CT molecular complexity index is 1290. The van der Waals surface area contributed by atoms with Crippen LogP contribution in [0.5, 0.6) is 0 Å². The summed E-state index contributed by atoms with van der Waals surface area (Å²) in [6.45, 7) is 3.09. The van der Waals surface area contributed by atoms with Crippen molar-refractivity contribution in [3.05, 3.63) is 63.9 Å². The van der Waals surface area contributed by atoms with E-state index in [2.05, 4.69) is 64.2 Å². The fraction of sp³-hybridized carbons (Fsp3) is 0.227. The fourth-order valence-corrected chi connectivity index (χ4v) is 4.43. The third-order valence-corrected chi connectivity index (χ3v) is 5.93. The summed E-state index contributed by atoms with van der Waals surface area (Å²) in [6, 6.07) is 14.8. The van der Waals surface area contributed by atoms with Crippen molar-refractivity contribution in [3.8, 4) is 0 Å². The maximum Gasteiger partial charge on any atom is 0.310 e. The molecule has 0 spiro atoms. The number of para-hydroxylation sites is 1. The maximum absolute atomic E-state index is 11.4. The molecular weight excluding hydrogens is 384 g/mol. The number of hydrogen-bond donors (Lipinski definition) is 0. The first-order valence-corrected chi connectivity index (χ1v) is 10.2. The number of fused-ring (bicyclic) bond motifs is 3. The van der Waals surface area contributed by atoms with Crippen LogP contribution < -0.4 is 4.80 Å². The smallest absolute Gasteiger partial charge is 0.310 e. The molecule has 29 heavy (non-hydrogen) atoms. The van der Waals surface area contributed by atoms with Gasteiger partial charge in [-0.1, -0.05) is 35.6 Å². The van der Waals surface area contributed by atoms with Crippen molar-refractivity contribution in [2.75, 3.05) is 7.11 Å². The number of hydrogen-bond acceptors (Lipinski definition) is 5. The number of methoxy groups -OCH3 is 1. The van der Waals surface area contributed by atoms with Crippen molar-refractivity contribution in [2.45, 2.75) is 19.9 Å². The minimum atomic E-state index is -0.263. The first-order valence-electron chi connectivity index (χ1n) is 9.41. The summed E-state index contributed by atoms with van der Waals surface area (Å²) >= 11 is 1.43. The number of esters is 1. The van der Waals surface area contributed by atoms with Crippen LogP contribution in [0.25, 0.3) is 21.8 Å². The molecule has 0 amide bonds. The summed E-state index contributed by atoms with van der Waals surface area (Å²) in [7, 11) is 3.28. The second kappa shape index (κ2) is 8.05. The van der Waals surface area contributed by atoms with Gasteiger partial charge >= 0.3 is 5.97 Å². The van der Waals surface area contributed by atoms with E-state index in [1.165, 1.54) is 40.3 Å². The van der Waals surface area contributed by atoms with Crippen LogP contribution in [-0.2, 0) is 29.5 Å². The first-order chi connectivity index (χ1) is 14.1. The Kier molecular flexibility index (Phi) is 5.31. The normalized spacial score (nSPS) is 12.4. The Morgan fingerprint density at radius 1 is 1.17 bits per heavy atom. The van der Waals surface area contributed by atoms with Gasteiger partial charge in [0.1, 0.15) is 0 Å². The van der Waals surface area contributed by atoms with Gasteiger partial charge in [0, 0.05) is 46.5 Å². The van der Waals surface area contributed by atoms with Gasteiger partial charge in [-0.15, -0.1) is 5.10 Å². The van der Waals surface area contributed by atoms with Gasteiger partial charge in [-0.2, -0.15) is 5.10 Å². The minimum absolute atomic E-state index is 0.242. The van der Waals surface area contributed by atoms with Crippen molar-refractivity contribution in [1.29, 1.82) is 0 Å². The fourth-order valence-electron chi connectivity index (χ4n) is 3.51. The number of nitrogens with zero attached hydrogens (tertiary/aromatic N) is 4. The van der Waals surface area contributed by atoms with E-state index in [0.717, 1.165) is 21.8 Å². The summed E-state index contributed by atoms with van der Waals surface area (Å²) in [4.78, 5) is 13.1. The average Bonchev–Trinajstić information content (AvgIpc) is 3.24. The summed E-state index contributed by atoms with van der Waals surface area (Å²) < 4.78 is 8.90. The van der Waals surface area contributed by atoms with Crippen molar-refractivity contribution in [1.82, 2.24) is 9.13 Å². The molecule has 4 aromatic rings. The third-order valence-electron chi connectivity index (χ3n) is 4.87. The van der Waals surface area contributed by atoms with E-state index >= 15 is 0 Å². The average molecular weight is 407 g/mol. The molecule has 0 aliphatic carbocycles. The second-order valence-corrected chi connectivity index (χ2v) is 7.82. The molecule has 2 heterocycles. The number of thiazole rings is 1. The highest BCUT2D eigenvalue weighted by Gasteiger charge is 2.09. The van der Waals surface area contributed by atoms with E-state index < -0.39 is 0 Å². The second-order valence-electron chi connectivity index (χ2n) is 6.73. The molecule has 0 unspecified atom stereocenters. The molecule has 7 heteroatoms. The van der Waals surface area contributed by atoms with Crippen LogP contribution >= 0.6 is 11.3 Å². The van der Waals surface area contributed by atoms with E-state index in [1.807, 2.05) is 17.8 Å². The first kappa shape index (κ1) is 19.1. The van der Waals surface area contributed by atoms with Gasteiger partial charge in [-0.05, 0) is 30.7 Å². The zero-order valence-electron chi connectivity index (χ0n) is 16.6. The number of rotatable bonds is 5. The van der Waals surface area contributed by atoms with Gasteiger partial charge in [-0.25, -0.2) is 0 Å². The Morgan fingerprint density at radius 3 is 2.76 bits per heavy atom. The van der Waals surface area contributed by atoms with Crippen LogP contribution in [0.15, 0.2) is 58.9 Å². The Labute approximate surface area is 172 Å². The molecule has 6 nitrogen and oxygen atoms in total. The van der Waals surface area contributed by atoms with E-state index in [9.17, 15) is 4.79 Å². The quantitative estimate of drug-likeness (QED) is 0.287. The zero-order chi connectivity index (χ0) is 20.4. The number of benzene rings is 2. The van der Waals surface area contributed by atoms with Gasteiger partial charge in [0.25, 0.3) is 0 Å². The summed E-state index contributed by atoms with van der Waals surface area (Å²) in [5.41, 5.74) is 3.46. The van der Waals surface area contributed by atoms with Crippen LogP contribution in [0.2, 0.25) is 0 Å². The molecule has 4 rings (SSSR count). The molecule has 0 radical (unpaired) electrons. The highest BCUT2D eigenvalue weighted by molar-refractivity contribution is 7.09. The Balaban J connectivity index is 1.66. The molecule has 0 N–H and O–H groups in total. The van der Waals surface area contributed by atoms with Crippen LogP contribution in [0.1, 0.15) is 17.4 Å². The van der Waals surface area contributed by atoms with E-state index in [-0.39, 0.29) is 12.4 Å². The van der Waals surface area contributed by atoms with Crippen molar-refractivity contribution in [2.24, 2.45) is 17.3 Å². The monoisotopic (exact) mass is 406 g/mol. The maximum atomic E-state index is 11.4. The lowest BCUT2D eigenvalue weighted by atomic mass is 10.1. The number of aromatic nitrogens is 2. The SMILES string of the molecule is CCn1c2ccccc2c2cc(C=NN=c3sc(CC(=O)OC)cn3C)ccc21. The molecule has 0 saturated heterocycles. The van der Waals surface area contributed by atoms with Crippen LogP contribution in [0.3, 0.4) is 0 Å². The highest BCUT2D eigenvalue weighted by Crippen LogP contribution is 2.29. The molecule has 0 saturated carbocycles. The van der Waals surface area contributed by atoms with Crippen molar-refractivity contribution in [3.63, 3.8) is 0 Å². The molecule has 2 aromatic carbocycles. The molecule has 0 fully saturated rings. The number of aryl methyl sites for hydroxylation is 2. The predicted octanol–water partition coefficient (Wildman–Crippen LogP) is 3.86. The van der Waals surface area contributed by atoms with E-state index in [0.29, 0.717) is 0 Å². The van der Waals surface area contributed by atoms with Crippen LogP contribution in [-0.4, -0.2) is 28.4 Å². The van der Waals surface area contributed by atoms with E-state index in [1.54, 1.807) is 6.21 Å². The lowest BCUT2D eigenvalue weighted by Gasteiger charge is -2.02. The summed E-state index contributed by atoms with van der Waals surface area (Å²) in [5, 5.41) is 11.0. The zero-order valence-corrected chi connectivity index (χ0v) is 17.4. The van der Waals surface area contributed by atoms with Gasteiger partial charge in [0.15, 0.2) is 0 Å². The molecule has 0 atom stereocenters. The largest absolute Gasteiger partial charge is 0.469 e. The molecule has 0 aliphatic rings. The van der Waals surface area contributed by atoms with Crippen molar-refractivity contribution < 1.29 is 9.53 Å². The molecule has 2 aromatic heterocycles. The Hall–Kier alpha value is -3.19. The van der Waals surface area contributed by atoms with Crippen LogP contribution in [0, 0.1) is 0 Å². The third kappa shape index (κ3) is 3.73. The summed E-state index contributed by atoms with van der Waals surface area (Å²) in [6.07, 6.45) is 3.88. The minimum Gasteiger partial charge on any atom is -0.469 e. The molecular formula is C22H22N4O2S. The topological polar surface area (TPSA) is 60.9 Å². The number of ether oxygens (including phenoxy) is 1. The standard InChI is InChI=1S/C22H22N4O2S/c1-4-26-19-8-6-5-7-17(19)18-11-15(9-10-20(18)26)13-23-24-22-25(2)14-16(29-22)12-21(27)28-3/h5-11,13-14H,4,12H2,1-3H3. The Morgan fingerprint density at radius 2 is 1.97 bits per heavy atom. The van der Waals surface area contributed by atoms with Gasteiger partial charge in [-0.3, -0.25) is 4.79 Å². The van der Waals surface area contributed by atoms with E-state index in [4.69, 9.17) is 4.74 Å². The summed E-state index contributed by atoms with van der Waals surface area (Å²) in [5.74, 6) is -0.263. The van der Waals surface area contributed by atoms with Gasteiger partial charge < -0.3 is 13.9 Å². The predicted molar refractivity (Wildman–Crippen MR) is 117 cm³/mol. The number of carbonyl (C=O) groups excluding carboxylic acids is 1. The molecule has 0 aliphatic heterocycles. The lowest BCUT2D eigenvalue weighted by Crippen LogP contribution is -2.07. The number of carbonyl (C=O) groups is 1. The lowest BCUT2D eigenvalue weighted by molar-refractivity contribution is -0.139.